The van der Waals surface area contributed by atoms with E-state index in [4.69, 9.17) is 11.6 Å². The van der Waals surface area contributed by atoms with Crippen molar-refractivity contribution in [3.63, 3.8) is 0 Å². The zero-order valence-corrected chi connectivity index (χ0v) is 26.3. The third kappa shape index (κ3) is 7.63. The highest BCUT2D eigenvalue weighted by Gasteiger charge is 2.34. The molecule has 1 unspecified atom stereocenters. The normalized spacial score (nSPS) is 11.9. The molecule has 0 radical (unpaired) electrons. The number of sulfonamides is 1. The highest BCUT2D eigenvalue weighted by molar-refractivity contribution is 7.92. The fraction of sp³-hybridized carbons (Fsp3) is 0.235. The van der Waals surface area contributed by atoms with Crippen LogP contribution in [0.1, 0.15) is 27.8 Å². The molecule has 1 atom stereocenters. The molecule has 2 amide bonds. The van der Waals surface area contributed by atoms with Crippen molar-refractivity contribution < 1.29 is 18.0 Å². The van der Waals surface area contributed by atoms with Crippen LogP contribution >= 0.6 is 11.6 Å². The molecular weight excluding hydrogens is 582 g/mol. The van der Waals surface area contributed by atoms with Crippen molar-refractivity contribution in [3.05, 3.63) is 130 Å². The van der Waals surface area contributed by atoms with E-state index in [0.29, 0.717) is 10.7 Å². The number of likely N-dealkylation sites (N-methyl/N-ethyl adjacent to an activating group) is 1. The number of anilines is 1. The van der Waals surface area contributed by atoms with Gasteiger partial charge in [0.2, 0.25) is 11.8 Å². The van der Waals surface area contributed by atoms with Crippen LogP contribution in [-0.2, 0) is 32.6 Å². The van der Waals surface area contributed by atoms with Crippen molar-refractivity contribution in [2.45, 2.75) is 44.7 Å². The van der Waals surface area contributed by atoms with Gasteiger partial charge in [-0.1, -0.05) is 83.9 Å². The zero-order valence-electron chi connectivity index (χ0n) is 24.7. The Balaban J connectivity index is 1.81. The minimum Gasteiger partial charge on any atom is -0.357 e. The third-order valence-corrected chi connectivity index (χ3v) is 9.54. The first kappa shape index (κ1) is 31.8. The van der Waals surface area contributed by atoms with Crippen LogP contribution < -0.4 is 9.62 Å². The number of nitrogens with one attached hydrogen (secondary N) is 1. The molecule has 0 aliphatic carbocycles. The van der Waals surface area contributed by atoms with E-state index in [1.807, 2.05) is 57.2 Å². The summed E-state index contributed by atoms with van der Waals surface area (Å²) in [6, 6.07) is 27.4. The molecule has 0 aliphatic rings. The van der Waals surface area contributed by atoms with Gasteiger partial charge < -0.3 is 10.2 Å². The van der Waals surface area contributed by atoms with E-state index in [0.717, 1.165) is 32.1 Å². The second-order valence-corrected chi connectivity index (χ2v) is 12.8. The second-order valence-electron chi connectivity index (χ2n) is 10.5. The Morgan fingerprint density at radius 3 is 2.09 bits per heavy atom. The highest BCUT2D eigenvalue weighted by Crippen LogP contribution is 2.29. The standard InChI is InChI=1S/C34H36ClN3O4S/c1-24-13-19-30(20-14-24)43(41,42)38(31-12-8-9-25(2)26(31)3)23-33(39)37(22-28-15-17-29(35)18-16-28)32(34(40)36-4)21-27-10-6-5-7-11-27/h5-20,32H,21-23H2,1-4H3,(H,36,40). The van der Waals surface area contributed by atoms with Gasteiger partial charge in [-0.15, -0.1) is 0 Å². The minimum absolute atomic E-state index is 0.0724. The number of hydrogen-bond acceptors (Lipinski definition) is 4. The van der Waals surface area contributed by atoms with Crippen LogP contribution in [0, 0.1) is 20.8 Å². The first-order valence-electron chi connectivity index (χ1n) is 14.0. The minimum atomic E-state index is -4.16. The SMILES string of the molecule is CNC(=O)C(Cc1ccccc1)N(Cc1ccc(Cl)cc1)C(=O)CN(c1cccc(C)c1C)S(=O)(=O)c1ccc(C)cc1. The smallest absolute Gasteiger partial charge is 0.264 e. The molecule has 4 rings (SSSR count). The molecule has 0 aliphatic heterocycles. The van der Waals surface area contributed by atoms with Crippen LogP contribution in [-0.4, -0.2) is 44.8 Å². The van der Waals surface area contributed by atoms with Gasteiger partial charge in [-0.3, -0.25) is 13.9 Å². The van der Waals surface area contributed by atoms with Crippen molar-refractivity contribution in [2.24, 2.45) is 0 Å². The van der Waals surface area contributed by atoms with Crippen LogP contribution in [0.4, 0.5) is 5.69 Å². The summed E-state index contributed by atoms with van der Waals surface area (Å²) >= 11 is 6.12. The van der Waals surface area contributed by atoms with Gasteiger partial charge in [-0.25, -0.2) is 8.42 Å². The van der Waals surface area contributed by atoms with Crippen LogP contribution in [0.3, 0.4) is 0 Å². The summed E-state index contributed by atoms with van der Waals surface area (Å²) in [5.41, 5.74) is 4.56. The van der Waals surface area contributed by atoms with Crippen molar-refractivity contribution in [1.82, 2.24) is 10.2 Å². The summed E-state index contributed by atoms with van der Waals surface area (Å²) in [6.45, 7) is 5.18. The van der Waals surface area contributed by atoms with Crippen LogP contribution in [0.15, 0.2) is 102 Å². The molecule has 0 saturated heterocycles. The number of carbonyl (C=O) groups excluding carboxylic acids is 2. The molecule has 0 aromatic heterocycles. The van der Waals surface area contributed by atoms with E-state index >= 15 is 0 Å². The highest BCUT2D eigenvalue weighted by atomic mass is 35.5. The number of aryl methyl sites for hydroxylation is 2. The Morgan fingerprint density at radius 2 is 1.47 bits per heavy atom. The average molecular weight is 618 g/mol. The van der Waals surface area contributed by atoms with Gasteiger partial charge in [0.1, 0.15) is 12.6 Å². The molecule has 4 aromatic carbocycles. The van der Waals surface area contributed by atoms with Crippen LogP contribution in [0.25, 0.3) is 0 Å². The fourth-order valence-corrected chi connectivity index (χ4v) is 6.46. The monoisotopic (exact) mass is 617 g/mol. The molecule has 1 N–H and O–H groups in total. The number of hydrogen-bond donors (Lipinski definition) is 1. The van der Waals surface area contributed by atoms with E-state index < -0.39 is 28.5 Å². The first-order valence-corrected chi connectivity index (χ1v) is 15.8. The van der Waals surface area contributed by atoms with Crippen molar-refractivity contribution in [3.8, 4) is 0 Å². The maximum atomic E-state index is 14.4. The summed E-state index contributed by atoms with van der Waals surface area (Å²) in [4.78, 5) is 29.3. The summed E-state index contributed by atoms with van der Waals surface area (Å²) in [5, 5.41) is 3.23. The molecule has 0 spiro atoms. The second kappa shape index (κ2) is 13.9. The molecule has 0 heterocycles. The predicted octanol–water partition coefficient (Wildman–Crippen LogP) is 5.85. The van der Waals surface area contributed by atoms with E-state index in [1.54, 1.807) is 60.7 Å². The Morgan fingerprint density at radius 1 is 0.814 bits per heavy atom. The van der Waals surface area contributed by atoms with Crippen molar-refractivity contribution in [2.75, 3.05) is 17.9 Å². The third-order valence-electron chi connectivity index (χ3n) is 7.52. The Labute approximate surface area is 259 Å². The number of benzene rings is 4. The molecule has 43 heavy (non-hydrogen) atoms. The number of carbonyl (C=O) groups is 2. The van der Waals surface area contributed by atoms with Gasteiger partial charge in [0.15, 0.2) is 0 Å². The lowest BCUT2D eigenvalue weighted by Crippen LogP contribution is -2.53. The lowest BCUT2D eigenvalue weighted by Gasteiger charge is -2.34. The van der Waals surface area contributed by atoms with Crippen LogP contribution in [0.5, 0.6) is 0 Å². The maximum Gasteiger partial charge on any atom is 0.264 e. The molecule has 7 nitrogen and oxygen atoms in total. The average Bonchev–Trinajstić information content (AvgIpc) is 3.00. The molecule has 224 valence electrons. The summed E-state index contributed by atoms with van der Waals surface area (Å²) in [6.07, 6.45) is 0.244. The quantitative estimate of drug-likeness (QED) is 0.229. The van der Waals surface area contributed by atoms with Gasteiger partial charge in [-0.05, 0) is 73.4 Å². The molecule has 0 saturated carbocycles. The molecule has 9 heteroatoms. The Kier molecular flexibility index (Phi) is 10.3. The van der Waals surface area contributed by atoms with Gasteiger partial charge in [-0.2, -0.15) is 0 Å². The number of halogens is 1. The maximum absolute atomic E-state index is 14.4. The van der Waals surface area contributed by atoms with Gasteiger partial charge in [0.25, 0.3) is 10.0 Å². The van der Waals surface area contributed by atoms with Gasteiger partial charge in [0.05, 0.1) is 10.6 Å². The van der Waals surface area contributed by atoms with E-state index in [1.165, 1.54) is 11.9 Å². The van der Waals surface area contributed by atoms with Gasteiger partial charge >= 0.3 is 0 Å². The first-order chi connectivity index (χ1) is 20.5. The predicted molar refractivity (Wildman–Crippen MR) is 172 cm³/mol. The number of amides is 2. The van der Waals surface area contributed by atoms with Crippen LogP contribution in [0.2, 0.25) is 5.02 Å². The lowest BCUT2D eigenvalue weighted by atomic mass is 10.0. The van der Waals surface area contributed by atoms with Crippen molar-refractivity contribution >= 4 is 39.1 Å². The van der Waals surface area contributed by atoms with E-state index in [2.05, 4.69) is 5.32 Å². The van der Waals surface area contributed by atoms with Crippen molar-refractivity contribution in [1.29, 1.82) is 0 Å². The summed E-state index contributed by atoms with van der Waals surface area (Å²) < 4.78 is 29.5. The Bertz CT molecular complexity index is 1680. The zero-order chi connectivity index (χ0) is 31.1. The molecule has 0 bridgehead atoms. The van der Waals surface area contributed by atoms with E-state index in [-0.39, 0.29) is 23.8 Å². The number of nitrogens with zero attached hydrogens (tertiary/aromatic N) is 2. The summed E-state index contributed by atoms with van der Waals surface area (Å²) in [7, 11) is -2.64. The largest absolute Gasteiger partial charge is 0.357 e. The molecule has 4 aromatic rings. The summed E-state index contributed by atoms with van der Waals surface area (Å²) in [5.74, 6) is -0.873. The Hall–Kier alpha value is -4.14. The lowest BCUT2D eigenvalue weighted by molar-refractivity contribution is -0.139. The molecular formula is C34H36ClN3O4S. The fourth-order valence-electron chi connectivity index (χ4n) is 4.86. The van der Waals surface area contributed by atoms with E-state index in [9.17, 15) is 18.0 Å². The topological polar surface area (TPSA) is 86.8 Å². The van der Waals surface area contributed by atoms with Gasteiger partial charge in [0, 0.05) is 25.0 Å². The molecule has 0 fully saturated rings. The number of rotatable bonds is 11.